The molecule has 1 aromatic heterocycles. The van der Waals surface area contributed by atoms with Crippen LogP contribution in [0.4, 0.5) is 13.6 Å². The molecule has 0 aromatic carbocycles. The predicted molar refractivity (Wildman–Crippen MR) is 73.1 cm³/mol. The Labute approximate surface area is 122 Å². The molecule has 21 heavy (non-hydrogen) atoms. The molecule has 2 rings (SSSR count). The Morgan fingerprint density at radius 2 is 2.24 bits per heavy atom. The normalized spacial score (nSPS) is 21.8. The number of hydrogen-bond acceptors (Lipinski definition) is 3. The fourth-order valence-electron chi connectivity index (χ4n) is 2.39. The van der Waals surface area contributed by atoms with E-state index < -0.39 is 24.6 Å². The minimum atomic E-state index is -3.02. The highest BCUT2D eigenvalue weighted by atomic mass is 19.3. The first-order valence-electron chi connectivity index (χ1n) is 6.84. The number of urea groups is 1. The van der Waals surface area contributed by atoms with Crippen molar-refractivity contribution in [1.82, 2.24) is 15.2 Å². The van der Waals surface area contributed by atoms with Crippen molar-refractivity contribution in [3.8, 4) is 0 Å². The van der Waals surface area contributed by atoms with E-state index >= 15 is 0 Å². The van der Waals surface area contributed by atoms with Gasteiger partial charge in [0.15, 0.2) is 0 Å². The van der Waals surface area contributed by atoms with Gasteiger partial charge in [-0.15, -0.1) is 0 Å². The van der Waals surface area contributed by atoms with Crippen LogP contribution in [0.5, 0.6) is 0 Å². The van der Waals surface area contributed by atoms with Gasteiger partial charge < -0.3 is 15.0 Å². The third-order valence-electron chi connectivity index (χ3n) is 3.65. The molecule has 1 aliphatic heterocycles. The maximum absolute atomic E-state index is 13.5. The second-order valence-electron chi connectivity index (χ2n) is 5.09. The molecule has 0 bridgehead atoms. The van der Waals surface area contributed by atoms with Gasteiger partial charge in [-0.05, 0) is 24.1 Å². The summed E-state index contributed by atoms with van der Waals surface area (Å²) in [7, 11) is 1.60. The Morgan fingerprint density at radius 1 is 1.57 bits per heavy atom. The number of carbonyl (C=O) groups is 1. The summed E-state index contributed by atoms with van der Waals surface area (Å²) in [6.45, 7) is 1.12. The van der Waals surface area contributed by atoms with Crippen LogP contribution in [-0.2, 0) is 4.74 Å². The van der Waals surface area contributed by atoms with Gasteiger partial charge >= 0.3 is 6.03 Å². The number of nitrogens with one attached hydrogen (secondary N) is 1. The number of pyridine rings is 1. The first-order chi connectivity index (χ1) is 9.95. The number of halogens is 2. The summed E-state index contributed by atoms with van der Waals surface area (Å²) in [6, 6.07) is 1.62. The van der Waals surface area contributed by atoms with E-state index in [2.05, 4.69) is 10.3 Å². The maximum Gasteiger partial charge on any atom is 0.318 e. The van der Waals surface area contributed by atoms with Crippen molar-refractivity contribution < 1.29 is 18.3 Å². The molecule has 2 heterocycles. The van der Waals surface area contributed by atoms with Crippen LogP contribution in [0.25, 0.3) is 0 Å². The van der Waals surface area contributed by atoms with Crippen LogP contribution in [0.15, 0.2) is 24.5 Å². The van der Waals surface area contributed by atoms with E-state index in [0.29, 0.717) is 6.42 Å². The summed E-state index contributed by atoms with van der Waals surface area (Å²) in [4.78, 5) is 17.5. The summed E-state index contributed by atoms with van der Waals surface area (Å²) in [5.74, 6) is -3.02. The number of rotatable bonds is 4. The van der Waals surface area contributed by atoms with Gasteiger partial charge in [-0.25, -0.2) is 13.6 Å². The summed E-state index contributed by atoms with van der Waals surface area (Å²) >= 11 is 0. The van der Waals surface area contributed by atoms with Gasteiger partial charge in [-0.1, -0.05) is 6.92 Å². The molecule has 2 atom stereocenters. The van der Waals surface area contributed by atoms with Crippen LogP contribution in [0, 0.1) is 0 Å². The standard InChI is InChI=1S/C14H19F2N3O2/c1-3-11(10-4-6-17-7-5-10)19(2)13(20)18-12-8-21-9-14(12,15)16/h4-7,11-12H,3,8-9H2,1-2H3,(H,18,20)/t11-,12+/m0/s1. The highest BCUT2D eigenvalue weighted by Gasteiger charge is 2.46. The van der Waals surface area contributed by atoms with Crippen molar-refractivity contribution in [2.75, 3.05) is 20.3 Å². The van der Waals surface area contributed by atoms with E-state index in [1.165, 1.54) is 4.90 Å². The molecule has 1 aromatic rings. The van der Waals surface area contributed by atoms with Gasteiger partial charge in [0, 0.05) is 19.4 Å². The molecule has 0 aliphatic carbocycles. The molecule has 1 saturated heterocycles. The molecular weight excluding hydrogens is 280 g/mol. The van der Waals surface area contributed by atoms with Crippen LogP contribution >= 0.6 is 0 Å². The number of ether oxygens (including phenoxy) is 1. The summed E-state index contributed by atoms with van der Waals surface area (Å²) in [5.41, 5.74) is 0.916. The van der Waals surface area contributed by atoms with Gasteiger partial charge in [0.05, 0.1) is 12.6 Å². The molecule has 0 unspecified atom stereocenters. The molecule has 0 spiro atoms. The fourth-order valence-corrected chi connectivity index (χ4v) is 2.39. The Bertz CT molecular complexity index is 484. The highest BCUT2D eigenvalue weighted by Crippen LogP contribution is 2.27. The molecule has 116 valence electrons. The zero-order valence-electron chi connectivity index (χ0n) is 12.1. The van der Waals surface area contributed by atoms with Crippen molar-refractivity contribution in [2.24, 2.45) is 0 Å². The van der Waals surface area contributed by atoms with Crippen molar-refractivity contribution in [3.05, 3.63) is 30.1 Å². The van der Waals surface area contributed by atoms with Gasteiger partial charge in [0.1, 0.15) is 12.6 Å². The highest BCUT2D eigenvalue weighted by molar-refractivity contribution is 5.75. The molecule has 0 saturated carbocycles. The predicted octanol–water partition coefficient (Wildman–Crippen LogP) is 2.21. The molecular formula is C14H19F2N3O2. The minimum Gasteiger partial charge on any atom is -0.373 e. The van der Waals surface area contributed by atoms with Crippen LogP contribution in [0.3, 0.4) is 0 Å². The first kappa shape index (κ1) is 15.6. The minimum absolute atomic E-state index is 0.168. The molecule has 0 radical (unpaired) electrons. The number of carbonyl (C=O) groups excluding carboxylic acids is 1. The SMILES string of the molecule is CC[C@@H](c1ccncc1)N(C)C(=O)N[C@@H]1COCC1(F)F. The summed E-state index contributed by atoms with van der Waals surface area (Å²) < 4.78 is 31.7. The van der Waals surface area contributed by atoms with E-state index in [-0.39, 0.29) is 12.6 Å². The smallest absolute Gasteiger partial charge is 0.318 e. The molecule has 1 N–H and O–H groups in total. The average molecular weight is 299 g/mol. The third kappa shape index (κ3) is 3.47. The van der Waals surface area contributed by atoms with Crippen molar-refractivity contribution in [1.29, 1.82) is 0 Å². The van der Waals surface area contributed by atoms with Crippen LogP contribution in [0.2, 0.25) is 0 Å². The maximum atomic E-state index is 13.5. The zero-order valence-corrected chi connectivity index (χ0v) is 12.1. The van der Waals surface area contributed by atoms with Gasteiger partial charge in [0.25, 0.3) is 5.92 Å². The van der Waals surface area contributed by atoms with Crippen molar-refractivity contribution in [3.63, 3.8) is 0 Å². The van der Waals surface area contributed by atoms with E-state index in [1.54, 1.807) is 19.4 Å². The van der Waals surface area contributed by atoms with Gasteiger partial charge in [-0.3, -0.25) is 4.98 Å². The number of nitrogens with zero attached hydrogens (tertiary/aromatic N) is 2. The van der Waals surface area contributed by atoms with E-state index in [9.17, 15) is 13.6 Å². The van der Waals surface area contributed by atoms with Gasteiger partial charge in [-0.2, -0.15) is 0 Å². The van der Waals surface area contributed by atoms with Crippen molar-refractivity contribution in [2.45, 2.75) is 31.4 Å². The lowest BCUT2D eigenvalue weighted by atomic mass is 10.1. The summed E-state index contributed by atoms with van der Waals surface area (Å²) in [5, 5.41) is 2.35. The number of alkyl halides is 2. The number of amides is 2. The van der Waals surface area contributed by atoms with Crippen molar-refractivity contribution >= 4 is 6.03 Å². The second-order valence-corrected chi connectivity index (χ2v) is 5.09. The lowest BCUT2D eigenvalue weighted by Crippen LogP contribution is -2.51. The van der Waals surface area contributed by atoms with Crippen LogP contribution in [-0.4, -0.2) is 48.1 Å². The average Bonchev–Trinajstić information content (AvgIpc) is 2.79. The quantitative estimate of drug-likeness (QED) is 0.927. The Morgan fingerprint density at radius 3 is 2.76 bits per heavy atom. The van der Waals surface area contributed by atoms with E-state index in [0.717, 1.165) is 5.56 Å². The second kappa shape index (κ2) is 6.34. The van der Waals surface area contributed by atoms with Crippen LogP contribution < -0.4 is 5.32 Å². The Hall–Kier alpha value is -1.76. The lowest BCUT2D eigenvalue weighted by molar-refractivity contribution is -0.0224. The molecule has 2 amide bonds. The fraction of sp³-hybridized carbons (Fsp3) is 0.571. The topological polar surface area (TPSA) is 54.5 Å². The van der Waals surface area contributed by atoms with E-state index in [1.807, 2.05) is 19.1 Å². The number of hydrogen-bond donors (Lipinski definition) is 1. The number of aromatic nitrogens is 1. The zero-order chi connectivity index (χ0) is 15.5. The largest absolute Gasteiger partial charge is 0.373 e. The van der Waals surface area contributed by atoms with Gasteiger partial charge in [0.2, 0.25) is 0 Å². The third-order valence-corrected chi connectivity index (χ3v) is 3.65. The van der Waals surface area contributed by atoms with Crippen LogP contribution in [0.1, 0.15) is 24.9 Å². The molecule has 5 nitrogen and oxygen atoms in total. The first-order valence-corrected chi connectivity index (χ1v) is 6.84. The Balaban J connectivity index is 2.04. The monoisotopic (exact) mass is 299 g/mol. The Kier molecular flexibility index (Phi) is 4.72. The lowest BCUT2D eigenvalue weighted by Gasteiger charge is -2.29. The molecule has 7 heteroatoms. The van der Waals surface area contributed by atoms with E-state index in [4.69, 9.17) is 4.74 Å². The summed E-state index contributed by atoms with van der Waals surface area (Å²) in [6.07, 6.45) is 3.96. The molecule has 1 fully saturated rings. The molecule has 1 aliphatic rings.